The molecule has 1 unspecified atom stereocenters. The Hall–Kier alpha value is -1.19. The number of morpholine rings is 1. The van der Waals surface area contributed by atoms with E-state index in [2.05, 4.69) is 58.3 Å². The largest absolute Gasteiger partial charge is 0.370 e. The Kier molecular flexibility index (Phi) is 7.64. The molecule has 1 atom stereocenters. The molecular formula is C18H25IN4OS. The van der Waals surface area contributed by atoms with E-state index in [9.17, 15) is 0 Å². The topological polar surface area (TPSA) is 49.8 Å². The molecule has 136 valence electrons. The van der Waals surface area contributed by atoms with Crippen LogP contribution >= 0.6 is 35.3 Å². The van der Waals surface area contributed by atoms with Crippen LogP contribution < -0.4 is 5.32 Å². The smallest absolute Gasteiger partial charge is 0.194 e. The summed E-state index contributed by atoms with van der Waals surface area (Å²) in [7, 11) is 1.83. The standard InChI is InChI=1S/C18H24N4OS.HI/c1-13-6-4-5-7-15(13)16-12-22(8-9-23-16)18(19-3)21-11-17-20-10-14(2)24-17;/h4-7,10,16H,8-9,11-12H2,1-3H3,(H,19,21);1H. The van der Waals surface area contributed by atoms with Crippen molar-refractivity contribution in [3.8, 4) is 0 Å². The van der Waals surface area contributed by atoms with Crippen LogP contribution in [0.3, 0.4) is 0 Å². The zero-order valence-corrected chi connectivity index (χ0v) is 18.0. The van der Waals surface area contributed by atoms with Gasteiger partial charge in [-0.25, -0.2) is 4.98 Å². The average Bonchev–Trinajstić information content (AvgIpc) is 3.01. The molecule has 1 aliphatic rings. The maximum atomic E-state index is 6.00. The number of aromatic nitrogens is 1. The number of benzene rings is 1. The normalized spacial score (nSPS) is 18.0. The second-order valence-electron chi connectivity index (χ2n) is 5.93. The summed E-state index contributed by atoms with van der Waals surface area (Å²) in [6.07, 6.45) is 1.99. The molecule has 0 saturated carbocycles. The number of nitrogens with one attached hydrogen (secondary N) is 1. The summed E-state index contributed by atoms with van der Waals surface area (Å²) in [5, 5.41) is 4.50. The second kappa shape index (κ2) is 9.49. The number of halogens is 1. The Morgan fingerprint density at radius 3 is 2.88 bits per heavy atom. The molecule has 1 aromatic carbocycles. The lowest BCUT2D eigenvalue weighted by Crippen LogP contribution is -2.48. The molecule has 2 heterocycles. The molecule has 1 aromatic heterocycles. The number of thiazole rings is 1. The summed E-state index contributed by atoms with van der Waals surface area (Å²) in [5.74, 6) is 0.907. The number of hydrogen-bond acceptors (Lipinski definition) is 4. The van der Waals surface area contributed by atoms with Crippen molar-refractivity contribution in [1.82, 2.24) is 15.2 Å². The molecule has 1 saturated heterocycles. The van der Waals surface area contributed by atoms with E-state index in [0.29, 0.717) is 13.2 Å². The lowest BCUT2D eigenvalue weighted by molar-refractivity contribution is -0.00833. The van der Waals surface area contributed by atoms with Crippen LogP contribution in [-0.2, 0) is 11.3 Å². The summed E-state index contributed by atoms with van der Waals surface area (Å²) in [4.78, 5) is 12.3. The van der Waals surface area contributed by atoms with Crippen LogP contribution in [0.1, 0.15) is 27.1 Å². The van der Waals surface area contributed by atoms with Gasteiger partial charge in [0.25, 0.3) is 0 Å². The molecule has 1 aliphatic heterocycles. The highest BCUT2D eigenvalue weighted by atomic mass is 127. The predicted octanol–water partition coefficient (Wildman–Crippen LogP) is 3.53. The fourth-order valence-electron chi connectivity index (χ4n) is 2.95. The Balaban J connectivity index is 0.00000225. The predicted molar refractivity (Wildman–Crippen MR) is 114 cm³/mol. The van der Waals surface area contributed by atoms with Crippen LogP contribution in [0.2, 0.25) is 0 Å². The number of guanidine groups is 1. The average molecular weight is 472 g/mol. The van der Waals surface area contributed by atoms with Gasteiger partial charge in [0.15, 0.2) is 5.96 Å². The lowest BCUT2D eigenvalue weighted by Gasteiger charge is -2.35. The fourth-order valence-corrected chi connectivity index (χ4v) is 3.67. The van der Waals surface area contributed by atoms with E-state index < -0.39 is 0 Å². The Bertz CT molecular complexity index is 719. The molecule has 0 bridgehead atoms. The first-order valence-electron chi connectivity index (χ1n) is 8.21. The molecule has 1 N–H and O–H groups in total. The number of ether oxygens (including phenoxy) is 1. The number of rotatable bonds is 3. The van der Waals surface area contributed by atoms with Gasteiger partial charge in [0, 0.05) is 24.7 Å². The third kappa shape index (κ3) is 5.15. The lowest BCUT2D eigenvalue weighted by atomic mass is 10.0. The first-order chi connectivity index (χ1) is 11.7. The molecule has 0 aliphatic carbocycles. The van der Waals surface area contributed by atoms with Gasteiger partial charge in [-0.2, -0.15) is 0 Å². The van der Waals surface area contributed by atoms with Gasteiger partial charge in [-0.05, 0) is 25.0 Å². The van der Waals surface area contributed by atoms with Crippen molar-refractivity contribution in [2.75, 3.05) is 26.7 Å². The van der Waals surface area contributed by atoms with Gasteiger partial charge in [-0.3, -0.25) is 4.99 Å². The zero-order chi connectivity index (χ0) is 16.9. The van der Waals surface area contributed by atoms with Crippen LogP contribution in [0.25, 0.3) is 0 Å². The third-order valence-corrected chi connectivity index (χ3v) is 5.09. The van der Waals surface area contributed by atoms with Crippen LogP contribution in [0.15, 0.2) is 35.5 Å². The molecule has 25 heavy (non-hydrogen) atoms. The molecular weight excluding hydrogens is 447 g/mol. The highest BCUT2D eigenvalue weighted by molar-refractivity contribution is 14.0. The van der Waals surface area contributed by atoms with Gasteiger partial charge in [0.05, 0.1) is 19.7 Å². The number of nitrogens with zero attached hydrogens (tertiary/aromatic N) is 3. The monoisotopic (exact) mass is 472 g/mol. The maximum Gasteiger partial charge on any atom is 0.194 e. The van der Waals surface area contributed by atoms with Crippen LogP contribution in [0, 0.1) is 13.8 Å². The first kappa shape index (κ1) is 20.1. The first-order valence-corrected chi connectivity index (χ1v) is 9.03. The van der Waals surface area contributed by atoms with E-state index in [1.807, 2.05) is 13.2 Å². The summed E-state index contributed by atoms with van der Waals surface area (Å²) < 4.78 is 6.00. The van der Waals surface area contributed by atoms with E-state index >= 15 is 0 Å². The minimum atomic E-state index is 0. The minimum Gasteiger partial charge on any atom is -0.370 e. The molecule has 7 heteroatoms. The molecule has 1 fully saturated rings. The van der Waals surface area contributed by atoms with Crippen molar-refractivity contribution in [1.29, 1.82) is 0 Å². The highest BCUT2D eigenvalue weighted by Gasteiger charge is 2.25. The maximum absolute atomic E-state index is 6.00. The number of aliphatic imine (C=N–C) groups is 1. The molecule has 0 radical (unpaired) electrons. The summed E-state index contributed by atoms with van der Waals surface area (Å²) in [6, 6.07) is 8.42. The van der Waals surface area contributed by atoms with Gasteiger partial charge in [0.1, 0.15) is 11.1 Å². The highest BCUT2D eigenvalue weighted by Crippen LogP contribution is 2.25. The van der Waals surface area contributed by atoms with Gasteiger partial charge < -0.3 is 15.0 Å². The summed E-state index contributed by atoms with van der Waals surface area (Å²) in [5.41, 5.74) is 2.53. The summed E-state index contributed by atoms with van der Waals surface area (Å²) >= 11 is 1.71. The molecule has 2 aromatic rings. The number of hydrogen-bond donors (Lipinski definition) is 1. The number of aryl methyl sites for hydroxylation is 2. The van der Waals surface area contributed by atoms with Gasteiger partial charge in [0.2, 0.25) is 0 Å². The minimum absolute atomic E-state index is 0. The van der Waals surface area contributed by atoms with Crippen molar-refractivity contribution in [3.05, 3.63) is 51.5 Å². The van der Waals surface area contributed by atoms with Crippen LogP contribution in [0.5, 0.6) is 0 Å². The van der Waals surface area contributed by atoms with Crippen molar-refractivity contribution >= 4 is 41.3 Å². The Morgan fingerprint density at radius 1 is 1.40 bits per heavy atom. The summed E-state index contributed by atoms with van der Waals surface area (Å²) in [6.45, 7) is 7.27. The van der Waals surface area contributed by atoms with E-state index in [1.54, 1.807) is 11.3 Å². The van der Waals surface area contributed by atoms with Gasteiger partial charge in [-0.1, -0.05) is 24.3 Å². The SMILES string of the molecule is CN=C(NCc1ncc(C)s1)N1CCOC(c2ccccc2C)C1.I. The molecule has 5 nitrogen and oxygen atoms in total. The van der Waals surface area contributed by atoms with Gasteiger partial charge >= 0.3 is 0 Å². The van der Waals surface area contributed by atoms with E-state index in [1.165, 1.54) is 16.0 Å². The zero-order valence-electron chi connectivity index (χ0n) is 14.9. The van der Waals surface area contributed by atoms with Crippen molar-refractivity contribution in [2.24, 2.45) is 4.99 Å². The Morgan fingerprint density at radius 2 is 2.20 bits per heavy atom. The molecule has 0 spiro atoms. The fraction of sp³-hybridized carbons (Fsp3) is 0.444. The van der Waals surface area contributed by atoms with Gasteiger partial charge in [-0.15, -0.1) is 35.3 Å². The van der Waals surface area contributed by atoms with E-state index in [-0.39, 0.29) is 30.1 Å². The van der Waals surface area contributed by atoms with E-state index in [0.717, 1.165) is 24.1 Å². The quantitative estimate of drug-likeness (QED) is 0.422. The third-order valence-electron chi connectivity index (χ3n) is 4.18. The van der Waals surface area contributed by atoms with Crippen molar-refractivity contribution in [2.45, 2.75) is 26.5 Å². The Labute approximate surface area is 170 Å². The molecule has 0 amide bonds. The van der Waals surface area contributed by atoms with Crippen molar-refractivity contribution < 1.29 is 4.74 Å². The molecule has 3 rings (SSSR count). The van der Waals surface area contributed by atoms with Crippen molar-refractivity contribution in [3.63, 3.8) is 0 Å². The van der Waals surface area contributed by atoms with E-state index in [4.69, 9.17) is 4.74 Å². The van der Waals surface area contributed by atoms with Crippen LogP contribution in [0.4, 0.5) is 0 Å². The second-order valence-corrected chi connectivity index (χ2v) is 7.25. The van der Waals surface area contributed by atoms with Crippen LogP contribution in [-0.4, -0.2) is 42.6 Å².